The van der Waals surface area contributed by atoms with Gasteiger partial charge < -0.3 is 18.1 Å². The predicted octanol–water partition coefficient (Wildman–Crippen LogP) is 24.7. The third-order valence-corrected chi connectivity index (χ3v) is 21.7. The summed E-state index contributed by atoms with van der Waals surface area (Å²) in [4.78, 5) is 20.2. The molecule has 7 heterocycles. The van der Waals surface area contributed by atoms with E-state index in [1.54, 1.807) is 28.7 Å². The van der Waals surface area contributed by atoms with E-state index >= 15 is 0 Å². The Bertz CT molecular complexity index is 7520. The summed E-state index contributed by atoms with van der Waals surface area (Å²) in [5.74, 6) is -1.16. The van der Waals surface area contributed by atoms with Crippen LogP contribution in [0.3, 0.4) is 0 Å². The lowest BCUT2D eigenvalue weighted by Gasteiger charge is -2.26. The summed E-state index contributed by atoms with van der Waals surface area (Å²) in [5.41, 5.74) is 10.3. The highest BCUT2D eigenvalue weighted by Gasteiger charge is 2.34. The first-order valence-electron chi connectivity index (χ1n) is 36.9. The topological polar surface area (TPSA) is 71.0 Å². The van der Waals surface area contributed by atoms with Crippen molar-refractivity contribution in [3.63, 3.8) is 0 Å². The first kappa shape index (κ1) is 45.5. The molecular weight excluding hydrogens is 1240 g/mol. The van der Waals surface area contributed by atoms with Gasteiger partial charge in [0.1, 0.15) is 11.2 Å². The average molecular weight is 1290 g/mol. The van der Waals surface area contributed by atoms with Crippen molar-refractivity contribution < 1.29 is 18.1 Å². The zero-order valence-electron chi connectivity index (χ0n) is 61.4. The van der Waals surface area contributed by atoms with Crippen LogP contribution in [0.4, 0.5) is 5.69 Å². The fourth-order valence-corrected chi connectivity index (χ4v) is 17.7. The standard InChI is InChI=1S/C88H49N7OS2/c1-89-67-50-66(88-91-86(53-26-10-4-11-27-53)90-87(92-88)54-28-12-5-13-29-54)80(93-69-43-38-55(51-22-6-2-7-23-51)48-64(69)78-72(93)46-41-61-58-31-16-20-36-75(58)97-84(61)78)82(95-68-34-18-14-33-63(68)77-71(95)45-40-60-57-30-15-19-35-74(57)96-83(60)77)81(67)94-70-44-39-56(52-24-8-3-9-25-52)49-65(70)79-73(94)47-42-62-59-32-17-21-37-76(59)98-85(62)79/h2-50H/i4D,5D,10D,11D,12D,13D,26D,27D,28D,29D. The van der Waals surface area contributed by atoms with Gasteiger partial charge in [-0.05, 0) is 101 Å². The van der Waals surface area contributed by atoms with Crippen molar-refractivity contribution in [3.05, 3.63) is 308 Å². The largest absolute Gasteiger partial charge is 0.455 e. The lowest BCUT2D eigenvalue weighted by molar-refractivity contribution is 0.673. The van der Waals surface area contributed by atoms with Gasteiger partial charge in [-0.2, -0.15) is 0 Å². The maximum atomic E-state index is 10.0. The quantitative estimate of drug-likeness (QED) is 0.142. The molecule has 0 saturated heterocycles. The van der Waals surface area contributed by atoms with Gasteiger partial charge in [0.2, 0.25) is 5.69 Å². The number of para-hydroxylation sites is 2. The summed E-state index contributed by atoms with van der Waals surface area (Å²) < 4.78 is 110. The maximum absolute atomic E-state index is 10.0. The van der Waals surface area contributed by atoms with Crippen LogP contribution in [0, 0.1) is 6.57 Å². The van der Waals surface area contributed by atoms with Crippen molar-refractivity contribution in [2.75, 3.05) is 0 Å². The summed E-state index contributed by atoms with van der Waals surface area (Å²) in [6.07, 6.45) is 0. The number of hydrogen-bond acceptors (Lipinski definition) is 6. The molecule has 0 aliphatic heterocycles. The molecule has 0 saturated carbocycles. The fraction of sp³-hybridized carbons (Fsp3) is 0. The Morgan fingerprint density at radius 3 is 1.36 bits per heavy atom. The Morgan fingerprint density at radius 2 is 0.786 bits per heavy atom. The summed E-state index contributed by atoms with van der Waals surface area (Å²) >= 11 is 3.40. The number of hydrogen-bond donors (Lipinski definition) is 0. The number of fused-ring (bicyclic) bond motifs is 21. The van der Waals surface area contributed by atoms with E-state index in [9.17, 15) is 12.1 Å². The van der Waals surface area contributed by atoms with E-state index in [4.69, 9.17) is 32.4 Å². The average Bonchev–Trinajstić information content (AvgIpc) is 1.50. The molecule has 8 nitrogen and oxygen atoms in total. The number of rotatable bonds is 8. The zero-order valence-corrected chi connectivity index (χ0v) is 53.0. The second kappa shape index (κ2) is 21.1. The monoisotopic (exact) mass is 1290 g/mol. The molecular formula is C88H49N7OS2. The van der Waals surface area contributed by atoms with Gasteiger partial charge in [-0.15, -0.1) is 22.7 Å². The summed E-state index contributed by atoms with van der Waals surface area (Å²) in [6, 6.07) is 74.1. The minimum absolute atomic E-state index is 0.0926. The molecule has 0 amide bonds. The summed E-state index contributed by atoms with van der Waals surface area (Å²) in [5, 5.41) is 11.3. The first-order chi connectivity index (χ1) is 52.7. The van der Waals surface area contributed by atoms with Crippen LogP contribution in [0.5, 0.6) is 0 Å². The zero-order chi connectivity index (χ0) is 73.0. The van der Waals surface area contributed by atoms with Crippen molar-refractivity contribution >= 4 is 156 Å². The molecule has 14 aromatic carbocycles. The molecule has 0 unspecified atom stereocenters. The fourth-order valence-electron chi connectivity index (χ4n) is 15.1. The minimum Gasteiger partial charge on any atom is -0.455 e. The Morgan fingerprint density at radius 1 is 0.337 bits per heavy atom. The smallest absolute Gasteiger partial charge is 0.213 e. The van der Waals surface area contributed by atoms with E-state index in [1.165, 1.54) is 0 Å². The van der Waals surface area contributed by atoms with Gasteiger partial charge in [-0.1, -0.05) is 218 Å². The molecule has 21 rings (SSSR count). The molecule has 0 aliphatic rings. The van der Waals surface area contributed by atoms with Crippen molar-refractivity contribution in [3.8, 4) is 73.5 Å². The van der Waals surface area contributed by atoms with Crippen LogP contribution < -0.4 is 0 Å². The molecule has 0 atom stereocenters. The van der Waals surface area contributed by atoms with E-state index in [-0.39, 0.29) is 17.1 Å². The molecule has 7 aromatic heterocycles. The molecule has 0 bridgehead atoms. The van der Waals surface area contributed by atoms with Crippen LogP contribution >= 0.6 is 22.7 Å². The van der Waals surface area contributed by atoms with Crippen LogP contribution in [0.25, 0.3) is 206 Å². The van der Waals surface area contributed by atoms with Gasteiger partial charge in [0.05, 0.1) is 75.8 Å². The van der Waals surface area contributed by atoms with E-state index < -0.39 is 83.2 Å². The van der Waals surface area contributed by atoms with Crippen LogP contribution in [0.1, 0.15) is 13.7 Å². The van der Waals surface area contributed by atoms with E-state index in [0.29, 0.717) is 44.8 Å². The van der Waals surface area contributed by atoms with Crippen LogP contribution in [0.2, 0.25) is 0 Å². The van der Waals surface area contributed by atoms with Crippen LogP contribution in [-0.4, -0.2) is 28.7 Å². The number of thiophene rings is 2. The van der Waals surface area contributed by atoms with Crippen molar-refractivity contribution in [1.82, 2.24) is 28.7 Å². The third kappa shape index (κ3) is 7.94. The Labute approximate surface area is 581 Å². The second-order valence-electron chi connectivity index (χ2n) is 24.4. The highest BCUT2D eigenvalue weighted by molar-refractivity contribution is 7.27. The summed E-state index contributed by atoms with van der Waals surface area (Å²) in [6.45, 7) is 10.0. The second-order valence-corrected chi connectivity index (χ2v) is 26.5. The van der Waals surface area contributed by atoms with Gasteiger partial charge in [0, 0.05) is 94.7 Å². The lowest BCUT2D eigenvalue weighted by Crippen LogP contribution is -2.12. The number of nitrogens with zero attached hydrogens (tertiary/aromatic N) is 7. The third-order valence-electron chi connectivity index (χ3n) is 19.3. The Kier molecular flexibility index (Phi) is 9.81. The SMILES string of the molecule is [2H]c1c([2H])c([2H])c(-c2nc(-c3cc([N+]#[C-])c(-n4c5ccc(-c6ccccc6)cc5c5c6sc7ccccc7c6ccc54)c(-n4c5ccccc5c5c6oc7ccccc7c6ccc54)c3-n3c4ccc(-c5ccccc5)cc4c4c5sc6ccccc6c5ccc43)nc(-c3c([2H])c([2H])c([2H])c([2H])c3[2H])n2)c([2H])c1[2H]. The van der Waals surface area contributed by atoms with E-state index in [1.807, 2.05) is 78.9 Å². The summed E-state index contributed by atoms with van der Waals surface area (Å²) in [7, 11) is 0. The molecule has 98 heavy (non-hydrogen) atoms. The number of furan rings is 1. The first-order valence-corrected chi connectivity index (χ1v) is 33.6. The van der Waals surface area contributed by atoms with Gasteiger partial charge >= 0.3 is 0 Å². The molecule has 454 valence electrons. The lowest BCUT2D eigenvalue weighted by atomic mass is 10.0. The molecule has 21 aromatic rings. The Hall–Kier alpha value is -12.8. The molecule has 0 fully saturated rings. The van der Waals surface area contributed by atoms with Crippen molar-refractivity contribution in [2.24, 2.45) is 0 Å². The van der Waals surface area contributed by atoms with Crippen LogP contribution in [-0.2, 0) is 0 Å². The highest BCUT2D eigenvalue weighted by Crippen LogP contribution is 2.54. The Balaban J connectivity index is 1.04. The normalized spacial score (nSPS) is 13.5. The van der Waals surface area contributed by atoms with Gasteiger partial charge in [-0.25, -0.2) is 19.8 Å². The molecule has 0 radical (unpaired) electrons. The minimum atomic E-state index is -0.687. The number of benzene rings is 14. The molecule has 10 heteroatoms. The molecule has 0 aliphatic carbocycles. The van der Waals surface area contributed by atoms with Gasteiger partial charge in [-0.3, -0.25) is 0 Å². The highest BCUT2D eigenvalue weighted by atomic mass is 32.1. The van der Waals surface area contributed by atoms with E-state index in [0.717, 1.165) is 122 Å². The van der Waals surface area contributed by atoms with Crippen molar-refractivity contribution in [2.45, 2.75) is 0 Å². The maximum Gasteiger partial charge on any atom is 0.213 e. The van der Waals surface area contributed by atoms with Gasteiger partial charge in [0.25, 0.3) is 0 Å². The van der Waals surface area contributed by atoms with E-state index in [2.05, 4.69) is 165 Å². The van der Waals surface area contributed by atoms with Crippen molar-refractivity contribution in [1.29, 1.82) is 0 Å². The number of aromatic nitrogens is 6. The van der Waals surface area contributed by atoms with Crippen LogP contribution in [0.15, 0.2) is 301 Å². The predicted molar refractivity (Wildman–Crippen MR) is 409 cm³/mol. The molecule has 0 spiro atoms. The molecule has 0 N–H and O–H groups in total. The van der Waals surface area contributed by atoms with Gasteiger partial charge in [0.15, 0.2) is 17.5 Å².